The number of nitrogens with zero attached hydrogens (tertiary/aromatic N) is 1. The fourth-order valence-corrected chi connectivity index (χ4v) is 4.40. The third-order valence-electron chi connectivity index (χ3n) is 4.51. The highest BCUT2D eigenvalue weighted by Crippen LogP contribution is 2.36. The molecule has 4 nitrogen and oxygen atoms in total. The summed E-state index contributed by atoms with van der Waals surface area (Å²) >= 11 is 1.89. The molecule has 0 saturated carbocycles. The molecular weight excluding hydrogens is 334 g/mol. The first-order valence-electron chi connectivity index (χ1n) is 8.34. The highest BCUT2D eigenvalue weighted by Gasteiger charge is 2.33. The second-order valence-electron chi connectivity index (χ2n) is 6.20. The predicted molar refractivity (Wildman–Crippen MR) is 99.9 cm³/mol. The maximum absolute atomic E-state index is 12.9. The quantitative estimate of drug-likeness (QED) is 0.910. The number of rotatable bonds is 4. The fraction of sp³-hybridized carbons (Fsp3) is 0.300. The minimum Gasteiger partial charge on any atom is -0.478 e. The number of hydrogen-bond donors (Lipinski definition) is 1. The number of carbonyl (C=O) groups is 2. The van der Waals surface area contributed by atoms with Crippen molar-refractivity contribution in [1.82, 2.24) is 4.90 Å². The third-order valence-corrected chi connectivity index (χ3v) is 5.71. The normalized spacial score (nSPS) is 20.3. The van der Waals surface area contributed by atoms with Crippen LogP contribution in [0, 0.1) is 0 Å². The van der Waals surface area contributed by atoms with Gasteiger partial charge in [0.2, 0.25) is 5.91 Å². The average Bonchev–Trinajstić information content (AvgIpc) is 2.62. The Morgan fingerprint density at radius 1 is 1.12 bits per heavy atom. The number of amides is 1. The van der Waals surface area contributed by atoms with E-state index >= 15 is 0 Å². The summed E-state index contributed by atoms with van der Waals surface area (Å²) in [7, 11) is 0. The third kappa shape index (κ3) is 4.04. The van der Waals surface area contributed by atoms with E-state index in [0.29, 0.717) is 11.7 Å². The molecular formula is C20H21NO3S. The minimum atomic E-state index is -0.955. The second kappa shape index (κ2) is 7.74. The largest absolute Gasteiger partial charge is 0.478 e. The van der Waals surface area contributed by atoms with Gasteiger partial charge in [0.1, 0.15) is 0 Å². The molecule has 1 aliphatic rings. The van der Waals surface area contributed by atoms with Crippen molar-refractivity contribution >= 4 is 23.6 Å². The van der Waals surface area contributed by atoms with E-state index in [9.17, 15) is 9.59 Å². The van der Waals surface area contributed by atoms with Crippen LogP contribution in [0.5, 0.6) is 0 Å². The molecule has 3 rings (SSSR count). The molecule has 130 valence electrons. The zero-order chi connectivity index (χ0) is 17.8. The highest BCUT2D eigenvalue weighted by molar-refractivity contribution is 8.00. The van der Waals surface area contributed by atoms with Crippen LogP contribution in [0.1, 0.15) is 34.5 Å². The number of thioether (sulfide) groups is 1. The lowest BCUT2D eigenvalue weighted by atomic mass is 10.0. The van der Waals surface area contributed by atoms with Gasteiger partial charge in [-0.2, -0.15) is 11.8 Å². The van der Waals surface area contributed by atoms with Crippen LogP contribution in [0.2, 0.25) is 0 Å². The van der Waals surface area contributed by atoms with Crippen LogP contribution < -0.4 is 0 Å². The van der Waals surface area contributed by atoms with E-state index in [4.69, 9.17) is 5.11 Å². The number of benzene rings is 2. The summed E-state index contributed by atoms with van der Waals surface area (Å²) < 4.78 is 0. The van der Waals surface area contributed by atoms with Gasteiger partial charge in [-0.1, -0.05) is 49.4 Å². The molecule has 2 atom stereocenters. The lowest BCUT2D eigenvalue weighted by Gasteiger charge is -2.40. The van der Waals surface area contributed by atoms with E-state index < -0.39 is 5.97 Å². The molecule has 1 N–H and O–H groups in total. The van der Waals surface area contributed by atoms with E-state index in [1.165, 1.54) is 0 Å². The van der Waals surface area contributed by atoms with Crippen LogP contribution in [0.25, 0.3) is 0 Å². The summed E-state index contributed by atoms with van der Waals surface area (Å²) in [6.07, 6.45) is 0.292. The Morgan fingerprint density at radius 2 is 1.80 bits per heavy atom. The summed E-state index contributed by atoms with van der Waals surface area (Å²) in [4.78, 5) is 25.8. The van der Waals surface area contributed by atoms with Crippen LogP contribution >= 0.6 is 11.8 Å². The molecule has 1 saturated heterocycles. The van der Waals surface area contributed by atoms with E-state index in [1.54, 1.807) is 24.3 Å². The molecule has 1 amide bonds. The van der Waals surface area contributed by atoms with Gasteiger partial charge in [0, 0.05) is 17.5 Å². The Bertz CT molecular complexity index is 745. The Balaban J connectivity index is 1.78. The molecule has 0 radical (unpaired) electrons. The number of carboxylic acid groups (broad SMARTS) is 1. The zero-order valence-corrected chi connectivity index (χ0v) is 14.9. The molecule has 1 fully saturated rings. The number of carboxylic acids is 1. The Morgan fingerprint density at radius 3 is 2.44 bits per heavy atom. The maximum atomic E-state index is 12.9. The first-order chi connectivity index (χ1) is 12.1. The van der Waals surface area contributed by atoms with E-state index in [1.807, 2.05) is 34.9 Å². The summed E-state index contributed by atoms with van der Waals surface area (Å²) in [5.74, 6) is 0.0711. The Labute approximate surface area is 151 Å². The SMILES string of the molecule is CC1SCCN(C(=O)Cc2ccc(C(=O)O)cc2)C1c1ccccc1. The lowest BCUT2D eigenvalue weighted by Crippen LogP contribution is -2.44. The first kappa shape index (κ1) is 17.5. The van der Waals surface area contributed by atoms with Crippen molar-refractivity contribution in [2.24, 2.45) is 0 Å². The molecule has 0 bridgehead atoms. The number of aromatic carboxylic acids is 1. The molecule has 0 spiro atoms. The molecule has 2 aromatic carbocycles. The average molecular weight is 355 g/mol. The highest BCUT2D eigenvalue weighted by atomic mass is 32.2. The molecule has 5 heteroatoms. The standard InChI is InChI=1S/C20H21NO3S/c1-14-19(16-5-3-2-4-6-16)21(11-12-25-14)18(22)13-15-7-9-17(10-8-15)20(23)24/h2-10,14,19H,11-13H2,1H3,(H,23,24). The van der Waals surface area contributed by atoms with Crippen LogP contribution in [-0.4, -0.2) is 39.4 Å². The summed E-state index contributed by atoms with van der Waals surface area (Å²) in [5, 5.41) is 9.32. The predicted octanol–water partition coefficient (Wildman–Crippen LogP) is 3.63. The van der Waals surface area contributed by atoms with Crippen molar-refractivity contribution in [3.63, 3.8) is 0 Å². The van der Waals surface area contributed by atoms with Crippen molar-refractivity contribution in [3.05, 3.63) is 71.3 Å². The topological polar surface area (TPSA) is 57.6 Å². The van der Waals surface area contributed by atoms with Gasteiger partial charge in [0.05, 0.1) is 18.0 Å². The van der Waals surface area contributed by atoms with E-state index in [2.05, 4.69) is 19.1 Å². The van der Waals surface area contributed by atoms with Crippen LogP contribution in [0.15, 0.2) is 54.6 Å². The van der Waals surface area contributed by atoms with Crippen molar-refractivity contribution in [1.29, 1.82) is 0 Å². The molecule has 2 aromatic rings. The van der Waals surface area contributed by atoms with Gasteiger partial charge in [-0.25, -0.2) is 4.79 Å². The van der Waals surface area contributed by atoms with Gasteiger partial charge in [-0.3, -0.25) is 4.79 Å². The van der Waals surface area contributed by atoms with Gasteiger partial charge in [-0.05, 0) is 23.3 Å². The molecule has 0 aromatic heterocycles. The van der Waals surface area contributed by atoms with Gasteiger partial charge in [0.15, 0.2) is 0 Å². The smallest absolute Gasteiger partial charge is 0.335 e. The number of carbonyl (C=O) groups excluding carboxylic acids is 1. The van der Waals surface area contributed by atoms with Crippen molar-refractivity contribution in [3.8, 4) is 0 Å². The molecule has 1 heterocycles. The van der Waals surface area contributed by atoms with Crippen LogP contribution in [0.3, 0.4) is 0 Å². The Kier molecular flexibility index (Phi) is 5.43. The molecule has 2 unspecified atom stereocenters. The number of hydrogen-bond acceptors (Lipinski definition) is 3. The van der Waals surface area contributed by atoms with Crippen LogP contribution in [-0.2, 0) is 11.2 Å². The van der Waals surface area contributed by atoms with Gasteiger partial charge in [0.25, 0.3) is 0 Å². The molecule has 25 heavy (non-hydrogen) atoms. The second-order valence-corrected chi connectivity index (χ2v) is 7.68. The molecule has 1 aliphatic heterocycles. The van der Waals surface area contributed by atoms with Gasteiger partial charge in [-0.15, -0.1) is 0 Å². The fourth-order valence-electron chi connectivity index (χ4n) is 3.24. The summed E-state index contributed by atoms with van der Waals surface area (Å²) in [6.45, 7) is 2.91. The maximum Gasteiger partial charge on any atom is 0.335 e. The van der Waals surface area contributed by atoms with Crippen LogP contribution in [0.4, 0.5) is 0 Å². The Hall–Kier alpha value is -2.27. The van der Waals surface area contributed by atoms with E-state index in [0.717, 1.165) is 23.4 Å². The summed E-state index contributed by atoms with van der Waals surface area (Å²) in [6, 6.07) is 16.8. The van der Waals surface area contributed by atoms with Crippen molar-refractivity contribution in [2.75, 3.05) is 12.3 Å². The lowest BCUT2D eigenvalue weighted by molar-refractivity contribution is -0.132. The minimum absolute atomic E-state index is 0.0748. The first-order valence-corrected chi connectivity index (χ1v) is 9.39. The summed E-state index contributed by atoms with van der Waals surface area (Å²) in [5.41, 5.74) is 2.24. The van der Waals surface area contributed by atoms with Gasteiger partial charge < -0.3 is 10.0 Å². The van der Waals surface area contributed by atoms with Crippen molar-refractivity contribution in [2.45, 2.75) is 24.6 Å². The monoisotopic (exact) mass is 355 g/mol. The molecule has 0 aliphatic carbocycles. The van der Waals surface area contributed by atoms with Gasteiger partial charge >= 0.3 is 5.97 Å². The van der Waals surface area contributed by atoms with E-state index in [-0.39, 0.29) is 17.5 Å². The van der Waals surface area contributed by atoms with Crippen molar-refractivity contribution < 1.29 is 14.7 Å². The zero-order valence-electron chi connectivity index (χ0n) is 14.1.